The molecule has 0 aromatic heterocycles. The lowest BCUT2D eigenvalue weighted by atomic mass is 10.2. The fourth-order valence-corrected chi connectivity index (χ4v) is 4.87. The van der Waals surface area contributed by atoms with Gasteiger partial charge in [0.05, 0.1) is 16.4 Å². The number of carbonyl (C=O) groups excluding carboxylic acids is 2. The molecule has 1 aliphatic rings. The van der Waals surface area contributed by atoms with Gasteiger partial charge in [-0.05, 0) is 25.1 Å². The largest absolute Gasteiger partial charge is 0.343 e. The van der Waals surface area contributed by atoms with E-state index in [1.165, 1.54) is 15.3 Å². The van der Waals surface area contributed by atoms with E-state index in [9.17, 15) is 28.1 Å². The first-order chi connectivity index (χ1) is 15.1. The Morgan fingerprint density at radius 2 is 1.72 bits per heavy atom. The van der Waals surface area contributed by atoms with Gasteiger partial charge < -0.3 is 10.2 Å². The number of carbonyl (C=O) groups is 2. The van der Waals surface area contributed by atoms with Crippen LogP contribution in [0, 0.1) is 17.0 Å². The first-order valence-corrected chi connectivity index (χ1v) is 11.5. The normalized spacial score (nSPS) is 14.8. The summed E-state index contributed by atoms with van der Waals surface area (Å²) in [6, 6.07) is 10.0. The highest BCUT2D eigenvalue weighted by atomic mass is 35.5. The standard InChI is InChI=1S/C20H21ClN4O6S/c1-14-2-4-18(5-3-14)32(30,31)24-8-6-23(7-9-24)19(26)13-22-20(27)15-10-16(21)12-17(11-15)25(28)29/h2-5,10-12H,6-9,13H2,1H3,(H,22,27). The zero-order valence-electron chi connectivity index (χ0n) is 17.2. The number of nitro groups is 1. The van der Waals surface area contributed by atoms with Crippen LogP contribution in [0.25, 0.3) is 0 Å². The van der Waals surface area contributed by atoms with Gasteiger partial charge in [-0.3, -0.25) is 19.7 Å². The van der Waals surface area contributed by atoms with E-state index in [0.29, 0.717) is 0 Å². The molecule has 1 fully saturated rings. The number of nitrogens with zero attached hydrogens (tertiary/aromatic N) is 3. The lowest BCUT2D eigenvalue weighted by molar-refractivity contribution is -0.384. The number of hydrogen-bond donors (Lipinski definition) is 1. The minimum atomic E-state index is -3.65. The number of nitrogens with one attached hydrogen (secondary N) is 1. The van der Waals surface area contributed by atoms with E-state index < -0.39 is 20.9 Å². The Morgan fingerprint density at radius 3 is 2.31 bits per heavy atom. The highest BCUT2D eigenvalue weighted by Gasteiger charge is 2.30. The molecule has 170 valence electrons. The minimum Gasteiger partial charge on any atom is -0.343 e. The van der Waals surface area contributed by atoms with Crippen LogP contribution in [0.15, 0.2) is 47.4 Å². The molecule has 10 nitrogen and oxygen atoms in total. The summed E-state index contributed by atoms with van der Waals surface area (Å²) < 4.78 is 26.8. The van der Waals surface area contributed by atoms with Gasteiger partial charge in [-0.1, -0.05) is 29.3 Å². The Kier molecular flexibility index (Phi) is 7.12. The van der Waals surface area contributed by atoms with Gasteiger partial charge in [0.1, 0.15) is 0 Å². The zero-order chi connectivity index (χ0) is 23.5. The van der Waals surface area contributed by atoms with Crippen molar-refractivity contribution in [2.75, 3.05) is 32.7 Å². The van der Waals surface area contributed by atoms with Crippen molar-refractivity contribution in [1.29, 1.82) is 0 Å². The van der Waals surface area contributed by atoms with Crippen molar-refractivity contribution in [3.8, 4) is 0 Å². The number of benzene rings is 2. The van der Waals surface area contributed by atoms with Gasteiger partial charge in [-0.25, -0.2) is 8.42 Å². The quantitative estimate of drug-likeness (QED) is 0.495. The maximum absolute atomic E-state index is 12.8. The Hall–Kier alpha value is -3.02. The molecular formula is C20H21ClN4O6S. The van der Waals surface area contributed by atoms with Gasteiger partial charge >= 0.3 is 0 Å². The summed E-state index contributed by atoms with van der Waals surface area (Å²) in [6.45, 7) is 2.18. The minimum absolute atomic E-state index is 0.0292. The molecule has 1 N–H and O–H groups in total. The molecule has 1 heterocycles. The van der Waals surface area contributed by atoms with Gasteiger partial charge in [-0.2, -0.15) is 4.31 Å². The smallest absolute Gasteiger partial charge is 0.271 e. The Morgan fingerprint density at radius 1 is 1.09 bits per heavy atom. The van der Waals surface area contributed by atoms with Crippen LogP contribution in [0.1, 0.15) is 15.9 Å². The number of amides is 2. The second-order valence-corrected chi connectivity index (χ2v) is 9.61. The van der Waals surface area contributed by atoms with E-state index in [-0.39, 0.29) is 59.8 Å². The van der Waals surface area contributed by atoms with Crippen LogP contribution < -0.4 is 5.32 Å². The molecule has 1 saturated heterocycles. The molecule has 2 aromatic carbocycles. The van der Waals surface area contributed by atoms with Crippen LogP contribution in [0.5, 0.6) is 0 Å². The second-order valence-electron chi connectivity index (χ2n) is 7.24. The number of non-ortho nitro benzene ring substituents is 1. The van der Waals surface area contributed by atoms with Crippen molar-refractivity contribution >= 4 is 39.1 Å². The molecule has 3 rings (SSSR count). The monoisotopic (exact) mass is 480 g/mol. The van der Waals surface area contributed by atoms with E-state index in [1.54, 1.807) is 24.3 Å². The molecular weight excluding hydrogens is 460 g/mol. The topological polar surface area (TPSA) is 130 Å². The first-order valence-electron chi connectivity index (χ1n) is 9.66. The molecule has 0 spiro atoms. The van der Waals surface area contributed by atoms with Crippen LogP contribution in [-0.4, -0.2) is 67.1 Å². The lowest BCUT2D eigenvalue weighted by Crippen LogP contribution is -2.52. The maximum atomic E-state index is 12.8. The molecule has 0 saturated carbocycles. The van der Waals surface area contributed by atoms with Crippen molar-refractivity contribution in [2.45, 2.75) is 11.8 Å². The molecule has 12 heteroatoms. The fraction of sp³-hybridized carbons (Fsp3) is 0.300. The summed E-state index contributed by atoms with van der Waals surface area (Å²) in [5.74, 6) is -1.06. The van der Waals surface area contributed by atoms with Gasteiger partial charge in [0.15, 0.2) is 0 Å². The Bertz CT molecular complexity index is 1150. The summed E-state index contributed by atoms with van der Waals surface area (Å²) in [5.41, 5.74) is 0.583. The Balaban J connectivity index is 1.55. The van der Waals surface area contributed by atoms with Crippen LogP contribution in [0.3, 0.4) is 0 Å². The number of halogens is 1. The summed E-state index contributed by atoms with van der Waals surface area (Å²) in [6.07, 6.45) is 0. The molecule has 32 heavy (non-hydrogen) atoms. The van der Waals surface area contributed by atoms with Crippen molar-refractivity contribution in [2.24, 2.45) is 0 Å². The molecule has 0 radical (unpaired) electrons. The predicted octanol–water partition coefficient (Wildman–Crippen LogP) is 1.82. The van der Waals surface area contributed by atoms with E-state index >= 15 is 0 Å². The van der Waals surface area contributed by atoms with Crippen LogP contribution in [-0.2, 0) is 14.8 Å². The first kappa shape index (κ1) is 23.6. The third-order valence-electron chi connectivity index (χ3n) is 5.01. The van der Waals surface area contributed by atoms with E-state index in [0.717, 1.165) is 17.7 Å². The highest BCUT2D eigenvalue weighted by Crippen LogP contribution is 2.21. The zero-order valence-corrected chi connectivity index (χ0v) is 18.7. The summed E-state index contributed by atoms with van der Waals surface area (Å²) in [7, 11) is -3.65. The van der Waals surface area contributed by atoms with Crippen molar-refractivity contribution in [3.63, 3.8) is 0 Å². The molecule has 0 bridgehead atoms. The summed E-state index contributed by atoms with van der Waals surface area (Å²) in [4.78, 5) is 36.6. The number of rotatable bonds is 6. The number of aryl methyl sites for hydroxylation is 1. The third kappa shape index (κ3) is 5.42. The molecule has 0 aliphatic carbocycles. The molecule has 0 atom stereocenters. The van der Waals surface area contributed by atoms with Crippen LogP contribution in [0.4, 0.5) is 5.69 Å². The number of sulfonamides is 1. The average molecular weight is 481 g/mol. The van der Waals surface area contributed by atoms with Gasteiger partial charge in [0.2, 0.25) is 15.9 Å². The average Bonchev–Trinajstić information content (AvgIpc) is 2.77. The SMILES string of the molecule is Cc1ccc(S(=O)(=O)N2CCN(C(=O)CNC(=O)c3cc(Cl)cc([N+](=O)[O-])c3)CC2)cc1. The van der Waals surface area contributed by atoms with E-state index in [1.807, 2.05) is 6.92 Å². The molecule has 2 aromatic rings. The van der Waals surface area contributed by atoms with Crippen LogP contribution in [0.2, 0.25) is 5.02 Å². The molecule has 2 amide bonds. The van der Waals surface area contributed by atoms with Crippen molar-refractivity contribution < 1.29 is 22.9 Å². The van der Waals surface area contributed by atoms with Crippen LogP contribution >= 0.6 is 11.6 Å². The predicted molar refractivity (Wildman–Crippen MR) is 117 cm³/mol. The van der Waals surface area contributed by atoms with E-state index in [2.05, 4.69) is 5.32 Å². The molecule has 1 aliphatic heterocycles. The van der Waals surface area contributed by atoms with E-state index in [4.69, 9.17) is 11.6 Å². The number of piperazine rings is 1. The highest BCUT2D eigenvalue weighted by molar-refractivity contribution is 7.89. The van der Waals surface area contributed by atoms with Crippen molar-refractivity contribution in [3.05, 3.63) is 68.7 Å². The summed E-state index contributed by atoms with van der Waals surface area (Å²) >= 11 is 5.81. The fourth-order valence-electron chi connectivity index (χ4n) is 3.22. The lowest BCUT2D eigenvalue weighted by Gasteiger charge is -2.34. The third-order valence-corrected chi connectivity index (χ3v) is 7.14. The van der Waals surface area contributed by atoms with Gasteiger partial charge in [0, 0.05) is 48.9 Å². The summed E-state index contributed by atoms with van der Waals surface area (Å²) in [5, 5.41) is 13.4. The molecule has 0 unspecified atom stereocenters. The maximum Gasteiger partial charge on any atom is 0.271 e. The second kappa shape index (κ2) is 9.63. The van der Waals surface area contributed by atoms with Crippen molar-refractivity contribution in [1.82, 2.24) is 14.5 Å². The Labute approximate surface area is 190 Å². The number of hydrogen-bond acceptors (Lipinski definition) is 6. The van der Waals surface area contributed by atoms with Gasteiger partial charge in [-0.15, -0.1) is 0 Å². The number of nitro benzene ring substituents is 1. The van der Waals surface area contributed by atoms with Gasteiger partial charge in [0.25, 0.3) is 11.6 Å².